The molecule has 0 saturated carbocycles. The summed E-state index contributed by atoms with van der Waals surface area (Å²) in [4.78, 5) is 15.6. The first-order valence-corrected chi connectivity index (χ1v) is 12.4. The molecule has 0 bridgehead atoms. The quantitative estimate of drug-likeness (QED) is 0.345. The summed E-state index contributed by atoms with van der Waals surface area (Å²) >= 11 is 6.87. The minimum absolute atomic E-state index is 0.0332. The third-order valence-corrected chi connectivity index (χ3v) is 7.21. The maximum absolute atomic E-state index is 10.9. The lowest BCUT2D eigenvalue weighted by atomic mass is 10.0. The number of ether oxygens (including phenoxy) is 2. The van der Waals surface area contributed by atoms with Crippen molar-refractivity contribution < 1.29 is 23.8 Å². The van der Waals surface area contributed by atoms with Crippen LogP contribution in [0.4, 0.5) is 0 Å². The summed E-state index contributed by atoms with van der Waals surface area (Å²) in [5, 5.41) is 22.7. The number of carboxylic acids is 1. The van der Waals surface area contributed by atoms with Crippen LogP contribution in [0.5, 0.6) is 11.5 Å². The molecule has 6 rings (SSSR count). The number of carboxylic acid groups (broad SMARTS) is 1. The van der Waals surface area contributed by atoms with Crippen molar-refractivity contribution in [1.82, 2.24) is 10.3 Å². The molecule has 0 unspecified atom stereocenters. The first kappa shape index (κ1) is 23.3. The van der Waals surface area contributed by atoms with Gasteiger partial charge in [0.15, 0.2) is 17.1 Å². The number of halogens is 1. The zero-order valence-corrected chi connectivity index (χ0v) is 20.5. The van der Waals surface area contributed by atoms with Crippen molar-refractivity contribution >= 4 is 28.7 Å². The molecule has 1 atom stereocenters. The van der Waals surface area contributed by atoms with E-state index in [-0.39, 0.29) is 12.5 Å². The lowest BCUT2D eigenvalue weighted by Crippen LogP contribution is -2.22. The molecule has 8 nitrogen and oxygen atoms in total. The number of aliphatic carboxylic acids is 1. The predicted molar refractivity (Wildman–Crippen MR) is 137 cm³/mol. The fraction of sp³-hybridized carbons (Fsp3) is 0.250. The second kappa shape index (κ2) is 9.43. The molecule has 1 aromatic heterocycles. The first-order valence-electron chi connectivity index (χ1n) is 12.0. The van der Waals surface area contributed by atoms with E-state index in [0.717, 1.165) is 28.7 Å². The van der Waals surface area contributed by atoms with Crippen molar-refractivity contribution in [1.29, 1.82) is 5.26 Å². The van der Waals surface area contributed by atoms with Crippen LogP contribution in [0.25, 0.3) is 33.7 Å². The topological polar surface area (TPSA) is 118 Å². The van der Waals surface area contributed by atoms with Crippen LogP contribution in [0.2, 0.25) is 5.02 Å². The lowest BCUT2D eigenvalue weighted by molar-refractivity contribution is -0.136. The van der Waals surface area contributed by atoms with E-state index < -0.39 is 5.97 Å². The van der Waals surface area contributed by atoms with E-state index in [4.69, 9.17) is 35.6 Å². The average molecular weight is 516 g/mol. The Kier molecular flexibility index (Phi) is 5.95. The number of hydrogen-bond acceptors (Lipinski definition) is 7. The van der Waals surface area contributed by atoms with Gasteiger partial charge in [-0.3, -0.25) is 4.79 Å². The number of nitrogens with one attached hydrogen (secondary N) is 1. The van der Waals surface area contributed by atoms with Gasteiger partial charge in [-0.1, -0.05) is 29.8 Å². The Balaban J connectivity index is 1.38. The molecule has 1 aliphatic heterocycles. The van der Waals surface area contributed by atoms with Gasteiger partial charge in [-0.05, 0) is 53.8 Å². The Morgan fingerprint density at radius 3 is 2.78 bits per heavy atom. The van der Waals surface area contributed by atoms with Crippen LogP contribution in [0.1, 0.15) is 35.6 Å². The number of nitrogens with zero attached hydrogens (tertiary/aromatic N) is 2. The molecule has 0 fully saturated rings. The minimum atomic E-state index is -0.851. The average Bonchev–Trinajstić information content (AvgIpc) is 3.51. The highest BCUT2D eigenvalue weighted by molar-refractivity contribution is 6.36. The molecule has 2 N–H and O–H groups in total. The molecule has 0 radical (unpaired) electrons. The largest absolute Gasteiger partial charge is 0.486 e. The van der Waals surface area contributed by atoms with Gasteiger partial charge < -0.3 is 24.3 Å². The fourth-order valence-corrected chi connectivity index (χ4v) is 5.39. The summed E-state index contributed by atoms with van der Waals surface area (Å²) < 4.78 is 17.5. The van der Waals surface area contributed by atoms with Gasteiger partial charge in [-0.2, -0.15) is 5.26 Å². The molecule has 4 aromatic rings. The van der Waals surface area contributed by atoms with Crippen molar-refractivity contribution in [3.63, 3.8) is 0 Å². The smallest absolute Gasteiger partial charge is 0.304 e. The Labute approximate surface area is 217 Å². The Morgan fingerprint density at radius 2 is 1.97 bits per heavy atom. The van der Waals surface area contributed by atoms with Gasteiger partial charge in [0, 0.05) is 18.2 Å². The van der Waals surface area contributed by atoms with Gasteiger partial charge in [-0.25, -0.2) is 4.98 Å². The predicted octanol–water partition coefficient (Wildman–Crippen LogP) is 5.51. The van der Waals surface area contributed by atoms with Gasteiger partial charge in [-0.15, -0.1) is 0 Å². The number of benzene rings is 3. The lowest BCUT2D eigenvalue weighted by Gasteiger charge is -2.19. The normalized spacial score (nSPS) is 15.9. The number of rotatable bonds is 6. The monoisotopic (exact) mass is 515 g/mol. The molecule has 2 heterocycles. The van der Waals surface area contributed by atoms with E-state index in [1.807, 2.05) is 42.5 Å². The summed E-state index contributed by atoms with van der Waals surface area (Å²) in [5.74, 6) is 0.853. The zero-order chi connectivity index (χ0) is 25.5. The standard InChI is InChI=1S/C28H22ClN3O5/c29-26-16(15-4-7-23-24(12-15)36-11-10-35-23)2-1-3-18(26)28-32-22-13-19-17(20(14-30)27(22)37-28)5-6-21(19)31-9-8-25(33)34/h1-4,7,12-13,21,31H,5-6,8-11H2,(H,33,34)/t21-/m1/s1. The van der Waals surface area contributed by atoms with E-state index in [1.165, 1.54) is 0 Å². The summed E-state index contributed by atoms with van der Waals surface area (Å²) in [6, 6.07) is 15.5. The first-order chi connectivity index (χ1) is 18.0. The highest BCUT2D eigenvalue weighted by Crippen LogP contribution is 2.42. The number of oxazole rings is 1. The molecule has 0 spiro atoms. The highest BCUT2D eigenvalue weighted by atomic mass is 35.5. The Morgan fingerprint density at radius 1 is 1.16 bits per heavy atom. The molecule has 0 amide bonds. The third-order valence-electron chi connectivity index (χ3n) is 6.81. The van der Waals surface area contributed by atoms with Gasteiger partial charge >= 0.3 is 5.97 Å². The van der Waals surface area contributed by atoms with Crippen LogP contribution in [0.3, 0.4) is 0 Å². The van der Waals surface area contributed by atoms with Gasteiger partial charge in [0.25, 0.3) is 0 Å². The number of aromatic nitrogens is 1. The second-order valence-electron chi connectivity index (χ2n) is 9.01. The maximum Gasteiger partial charge on any atom is 0.304 e. The highest BCUT2D eigenvalue weighted by Gasteiger charge is 2.29. The molecule has 3 aromatic carbocycles. The van der Waals surface area contributed by atoms with E-state index in [0.29, 0.717) is 70.8 Å². The molecule has 186 valence electrons. The summed E-state index contributed by atoms with van der Waals surface area (Å²) in [6.45, 7) is 1.37. The van der Waals surface area contributed by atoms with E-state index in [9.17, 15) is 10.1 Å². The van der Waals surface area contributed by atoms with Gasteiger partial charge in [0.05, 0.1) is 17.0 Å². The number of carbonyl (C=O) groups is 1. The van der Waals surface area contributed by atoms with Crippen molar-refractivity contribution in [2.24, 2.45) is 0 Å². The fourth-order valence-electron chi connectivity index (χ4n) is 5.08. The molecule has 37 heavy (non-hydrogen) atoms. The van der Waals surface area contributed by atoms with Crippen LogP contribution in [0.15, 0.2) is 46.9 Å². The van der Waals surface area contributed by atoms with Crippen LogP contribution < -0.4 is 14.8 Å². The SMILES string of the molecule is N#Cc1c2c(cc3nc(-c4cccc(-c5ccc6c(c5)OCCO6)c4Cl)oc13)[C@H](NCCC(=O)O)CC2. The van der Waals surface area contributed by atoms with E-state index in [1.54, 1.807) is 0 Å². The van der Waals surface area contributed by atoms with E-state index >= 15 is 0 Å². The zero-order valence-electron chi connectivity index (χ0n) is 19.7. The molecule has 9 heteroatoms. The molecule has 1 aliphatic carbocycles. The number of fused-ring (bicyclic) bond motifs is 3. The summed E-state index contributed by atoms with van der Waals surface area (Å²) in [6.07, 6.45) is 1.52. The molecular weight excluding hydrogens is 494 g/mol. The second-order valence-corrected chi connectivity index (χ2v) is 9.39. The Hall–Kier alpha value is -4.06. The van der Waals surface area contributed by atoms with Crippen molar-refractivity contribution in [3.8, 4) is 40.1 Å². The van der Waals surface area contributed by atoms with Crippen LogP contribution in [-0.2, 0) is 11.2 Å². The van der Waals surface area contributed by atoms with Crippen molar-refractivity contribution in [2.45, 2.75) is 25.3 Å². The summed E-state index contributed by atoms with van der Waals surface area (Å²) in [7, 11) is 0. The third kappa shape index (κ3) is 4.16. The summed E-state index contributed by atoms with van der Waals surface area (Å²) in [5.41, 5.74) is 5.63. The molecule has 0 saturated heterocycles. The van der Waals surface area contributed by atoms with Gasteiger partial charge in [0.1, 0.15) is 30.4 Å². The van der Waals surface area contributed by atoms with Crippen LogP contribution >= 0.6 is 11.6 Å². The number of hydrogen-bond donors (Lipinski definition) is 2. The number of nitriles is 1. The van der Waals surface area contributed by atoms with Crippen LogP contribution in [0, 0.1) is 11.3 Å². The van der Waals surface area contributed by atoms with Crippen LogP contribution in [-0.4, -0.2) is 35.8 Å². The van der Waals surface area contributed by atoms with E-state index in [2.05, 4.69) is 11.4 Å². The minimum Gasteiger partial charge on any atom is -0.486 e. The maximum atomic E-state index is 10.9. The van der Waals surface area contributed by atoms with Crippen molar-refractivity contribution in [2.75, 3.05) is 19.8 Å². The molecule has 2 aliphatic rings. The van der Waals surface area contributed by atoms with Crippen molar-refractivity contribution in [3.05, 3.63) is 64.2 Å². The molecular formula is C28H22ClN3O5. The van der Waals surface area contributed by atoms with Gasteiger partial charge in [0.2, 0.25) is 5.89 Å². The Bertz CT molecular complexity index is 1590.